The summed E-state index contributed by atoms with van der Waals surface area (Å²) in [6.45, 7) is 6.52. The van der Waals surface area contributed by atoms with E-state index < -0.39 is 6.08 Å². The summed E-state index contributed by atoms with van der Waals surface area (Å²) in [6.07, 6.45) is -0.476. The SMILES string of the molecule is Cc1cc2c(cc1Cc1nc3c(N)nc(F)nc3n1CCNC(=O)C(C)C)OCO2. The van der Waals surface area contributed by atoms with Crippen molar-refractivity contribution < 1.29 is 18.7 Å². The van der Waals surface area contributed by atoms with E-state index in [1.165, 1.54) is 0 Å². The van der Waals surface area contributed by atoms with Gasteiger partial charge in [-0.1, -0.05) is 13.8 Å². The van der Waals surface area contributed by atoms with E-state index in [0.29, 0.717) is 48.0 Å². The lowest BCUT2D eigenvalue weighted by Crippen LogP contribution is -2.31. The number of aromatic nitrogens is 4. The second-order valence-corrected chi connectivity index (χ2v) is 7.48. The lowest BCUT2D eigenvalue weighted by molar-refractivity contribution is -0.124. The molecule has 2 aromatic heterocycles. The lowest BCUT2D eigenvalue weighted by Gasteiger charge is -2.12. The Bertz CT molecular complexity index is 1130. The number of carbonyl (C=O) groups is 1. The molecule has 0 spiro atoms. The van der Waals surface area contributed by atoms with E-state index in [1.807, 2.05) is 32.9 Å². The number of rotatable bonds is 6. The van der Waals surface area contributed by atoms with Gasteiger partial charge in [-0.05, 0) is 30.2 Å². The number of nitrogens with zero attached hydrogens (tertiary/aromatic N) is 4. The van der Waals surface area contributed by atoms with E-state index in [9.17, 15) is 9.18 Å². The molecule has 3 aromatic rings. The van der Waals surface area contributed by atoms with Gasteiger partial charge in [-0.15, -0.1) is 0 Å². The molecule has 0 atom stereocenters. The van der Waals surface area contributed by atoms with Gasteiger partial charge in [-0.25, -0.2) is 4.98 Å². The molecule has 1 aliphatic rings. The highest BCUT2D eigenvalue weighted by molar-refractivity contribution is 5.82. The van der Waals surface area contributed by atoms with Crippen molar-refractivity contribution in [1.29, 1.82) is 0 Å². The number of amides is 1. The number of hydrogen-bond acceptors (Lipinski definition) is 7. The number of imidazole rings is 1. The number of anilines is 1. The molecule has 10 heteroatoms. The average Bonchev–Trinajstić information content (AvgIpc) is 3.26. The highest BCUT2D eigenvalue weighted by Crippen LogP contribution is 2.35. The van der Waals surface area contributed by atoms with E-state index in [0.717, 1.165) is 11.1 Å². The minimum Gasteiger partial charge on any atom is -0.454 e. The summed E-state index contributed by atoms with van der Waals surface area (Å²) >= 11 is 0. The molecule has 0 saturated carbocycles. The van der Waals surface area contributed by atoms with Gasteiger partial charge in [-0.3, -0.25) is 4.79 Å². The van der Waals surface area contributed by atoms with Crippen LogP contribution in [0.2, 0.25) is 0 Å². The second kappa shape index (κ2) is 7.77. The van der Waals surface area contributed by atoms with Gasteiger partial charge in [0, 0.05) is 25.4 Å². The summed E-state index contributed by atoms with van der Waals surface area (Å²) < 4.78 is 26.5. The maximum atomic E-state index is 13.8. The minimum absolute atomic E-state index is 0.0221. The van der Waals surface area contributed by atoms with Crippen LogP contribution in [0.3, 0.4) is 0 Å². The number of hydrogen-bond donors (Lipinski definition) is 2. The highest BCUT2D eigenvalue weighted by atomic mass is 19.1. The van der Waals surface area contributed by atoms with Gasteiger partial charge in [0.2, 0.25) is 12.7 Å². The molecular formula is C20H23FN6O3. The molecule has 1 aliphatic heterocycles. The van der Waals surface area contributed by atoms with Crippen molar-refractivity contribution in [2.45, 2.75) is 33.7 Å². The fraction of sp³-hybridized carbons (Fsp3) is 0.400. The number of fused-ring (bicyclic) bond motifs is 2. The number of ether oxygens (including phenoxy) is 2. The van der Waals surface area contributed by atoms with Crippen LogP contribution in [0, 0.1) is 18.9 Å². The molecule has 30 heavy (non-hydrogen) atoms. The number of nitrogens with one attached hydrogen (secondary N) is 1. The first-order valence-electron chi connectivity index (χ1n) is 9.68. The topological polar surface area (TPSA) is 117 Å². The Hall–Kier alpha value is -3.43. The van der Waals surface area contributed by atoms with Crippen molar-refractivity contribution in [1.82, 2.24) is 24.8 Å². The molecule has 4 rings (SSSR count). The lowest BCUT2D eigenvalue weighted by atomic mass is 10.0. The third-order valence-electron chi connectivity index (χ3n) is 5.01. The molecule has 0 radical (unpaired) electrons. The van der Waals surface area contributed by atoms with Crippen LogP contribution in [0.25, 0.3) is 11.2 Å². The molecule has 0 bridgehead atoms. The summed E-state index contributed by atoms with van der Waals surface area (Å²) in [5.41, 5.74) is 8.50. The standard InChI is InChI=1S/C20H23FN6O3/c1-10(2)19(28)23-4-5-27-15(24-16-17(22)25-20(21)26-18(16)27)8-12-7-14-13(6-11(12)3)29-9-30-14/h6-7,10H,4-5,8-9H2,1-3H3,(H,23,28)(H2,22,25,26). The van der Waals surface area contributed by atoms with Gasteiger partial charge in [0.15, 0.2) is 28.5 Å². The first-order valence-corrected chi connectivity index (χ1v) is 9.68. The van der Waals surface area contributed by atoms with Crippen LogP contribution in [-0.4, -0.2) is 38.8 Å². The zero-order chi connectivity index (χ0) is 21.4. The third kappa shape index (κ3) is 3.72. The Balaban J connectivity index is 1.70. The summed E-state index contributed by atoms with van der Waals surface area (Å²) in [6, 6.07) is 3.83. The van der Waals surface area contributed by atoms with Crippen LogP contribution in [-0.2, 0) is 17.8 Å². The van der Waals surface area contributed by atoms with Crippen molar-refractivity contribution >= 4 is 22.9 Å². The van der Waals surface area contributed by atoms with E-state index in [1.54, 1.807) is 4.57 Å². The van der Waals surface area contributed by atoms with Crippen molar-refractivity contribution in [2.24, 2.45) is 5.92 Å². The number of halogens is 1. The first kappa shape index (κ1) is 19.9. The number of nitrogen functional groups attached to an aromatic ring is 1. The molecule has 1 aromatic carbocycles. The Labute approximate surface area is 172 Å². The smallest absolute Gasteiger partial charge is 0.312 e. The van der Waals surface area contributed by atoms with Crippen molar-refractivity contribution in [3.63, 3.8) is 0 Å². The zero-order valence-electron chi connectivity index (χ0n) is 17.0. The van der Waals surface area contributed by atoms with Gasteiger partial charge in [0.1, 0.15) is 5.82 Å². The fourth-order valence-electron chi connectivity index (χ4n) is 3.35. The first-order chi connectivity index (χ1) is 14.3. The molecule has 0 unspecified atom stereocenters. The Morgan fingerprint density at radius 2 is 2.00 bits per heavy atom. The van der Waals surface area contributed by atoms with Crippen LogP contribution in [0.1, 0.15) is 30.8 Å². The van der Waals surface area contributed by atoms with Gasteiger partial charge in [0.25, 0.3) is 0 Å². The van der Waals surface area contributed by atoms with Crippen molar-refractivity contribution in [2.75, 3.05) is 19.1 Å². The predicted molar refractivity (Wildman–Crippen MR) is 108 cm³/mol. The number of nitrogens with two attached hydrogens (primary N) is 1. The molecular weight excluding hydrogens is 391 g/mol. The molecule has 3 heterocycles. The zero-order valence-corrected chi connectivity index (χ0v) is 17.0. The molecule has 158 valence electrons. The van der Waals surface area contributed by atoms with Crippen LogP contribution in [0.5, 0.6) is 11.5 Å². The second-order valence-electron chi connectivity index (χ2n) is 7.48. The fourth-order valence-corrected chi connectivity index (χ4v) is 3.35. The normalized spacial score (nSPS) is 12.7. The quantitative estimate of drug-likeness (QED) is 0.592. The van der Waals surface area contributed by atoms with Crippen molar-refractivity contribution in [3.05, 3.63) is 35.2 Å². The summed E-state index contributed by atoms with van der Waals surface area (Å²) in [4.78, 5) is 24.0. The molecule has 0 aliphatic carbocycles. The summed E-state index contributed by atoms with van der Waals surface area (Å²) in [5.74, 6) is 1.80. The molecule has 0 saturated heterocycles. The monoisotopic (exact) mass is 414 g/mol. The molecule has 1 amide bonds. The van der Waals surface area contributed by atoms with Crippen LogP contribution in [0.4, 0.5) is 10.2 Å². The Morgan fingerprint density at radius 1 is 1.27 bits per heavy atom. The van der Waals surface area contributed by atoms with Gasteiger partial charge < -0.3 is 25.1 Å². The van der Waals surface area contributed by atoms with E-state index in [4.69, 9.17) is 15.2 Å². The number of carbonyl (C=O) groups excluding carboxylic acids is 1. The Kier molecular flexibility index (Phi) is 5.15. The summed E-state index contributed by atoms with van der Waals surface area (Å²) in [7, 11) is 0. The third-order valence-corrected chi connectivity index (χ3v) is 5.01. The van der Waals surface area contributed by atoms with Gasteiger partial charge in [-0.2, -0.15) is 14.4 Å². The molecule has 3 N–H and O–H groups in total. The van der Waals surface area contributed by atoms with Crippen LogP contribution in [0.15, 0.2) is 12.1 Å². The van der Waals surface area contributed by atoms with Crippen LogP contribution >= 0.6 is 0 Å². The maximum absolute atomic E-state index is 13.8. The average molecular weight is 414 g/mol. The maximum Gasteiger partial charge on any atom is 0.312 e. The van der Waals surface area contributed by atoms with Gasteiger partial charge >= 0.3 is 6.08 Å². The van der Waals surface area contributed by atoms with E-state index in [-0.39, 0.29) is 24.4 Å². The number of aryl methyl sites for hydroxylation is 1. The number of benzene rings is 1. The molecule has 0 fully saturated rings. The van der Waals surface area contributed by atoms with Crippen molar-refractivity contribution in [3.8, 4) is 11.5 Å². The van der Waals surface area contributed by atoms with Gasteiger partial charge in [0.05, 0.1) is 0 Å². The summed E-state index contributed by atoms with van der Waals surface area (Å²) in [5, 5.41) is 2.86. The Morgan fingerprint density at radius 3 is 2.73 bits per heavy atom. The van der Waals surface area contributed by atoms with Crippen LogP contribution < -0.4 is 20.5 Å². The largest absolute Gasteiger partial charge is 0.454 e. The highest BCUT2D eigenvalue weighted by Gasteiger charge is 2.20. The predicted octanol–water partition coefficient (Wildman–Crippen LogP) is 1.95. The van der Waals surface area contributed by atoms with E-state index >= 15 is 0 Å². The minimum atomic E-state index is -0.918. The van der Waals surface area contributed by atoms with E-state index in [2.05, 4.69) is 20.3 Å². The molecule has 9 nitrogen and oxygen atoms in total.